The number of hydrogen-bond donors (Lipinski definition) is 1. The average Bonchev–Trinajstić information content (AvgIpc) is 2.62. The third-order valence-corrected chi connectivity index (χ3v) is 5.77. The molecule has 1 aliphatic carbocycles. The van der Waals surface area contributed by atoms with Gasteiger partial charge in [0.1, 0.15) is 12.6 Å². The normalized spacial score (nSPS) is 29.8. The summed E-state index contributed by atoms with van der Waals surface area (Å²) >= 11 is 0. The Balaban J connectivity index is 2.05. The van der Waals surface area contributed by atoms with E-state index in [0.29, 0.717) is 32.5 Å². The van der Waals surface area contributed by atoms with Gasteiger partial charge in [-0.15, -0.1) is 0 Å². The van der Waals surface area contributed by atoms with Crippen LogP contribution in [0.4, 0.5) is 0 Å². The van der Waals surface area contributed by atoms with Crippen LogP contribution in [0.3, 0.4) is 0 Å². The summed E-state index contributed by atoms with van der Waals surface area (Å²) in [5.41, 5.74) is 0.0664. The number of aliphatic hydroxyl groups is 1. The smallest absolute Gasteiger partial charge is 0.147 e. The van der Waals surface area contributed by atoms with E-state index in [1.165, 1.54) is 0 Å². The number of ketones is 1. The van der Waals surface area contributed by atoms with Crippen LogP contribution in [0.25, 0.3) is 0 Å². The molecule has 0 aromatic heterocycles. The second-order valence-corrected chi connectivity index (χ2v) is 7.19. The average molecular weight is 350 g/mol. The highest BCUT2D eigenvalue weighted by atomic mass is 16.7. The zero-order valence-corrected chi connectivity index (χ0v) is 15.5. The van der Waals surface area contributed by atoms with Gasteiger partial charge in [0.05, 0.1) is 18.8 Å². The highest BCUT2D eigenvalue weighted by Gasteiger charge is 2.55. The summed E-state index contributed by atoms with van der Waals surface area (Å²) < 4.78 is 16.9. The van der Waals surface area contributed by atoms with Gasteiger partial charge in [-0.05, 0) is 25.3 Å². The van der Waals surface area contributed by atoms with E-state index >= 15 is 0 Å². The fraction of sp³-hybridized carbons (Fsp3) is 0.650. The molecule has 1 N–H and O–H groups in total. The van der Waals surface area contributed by atoms with Gasteiger partial charge in [-0.1, -0.05) is 37.3 Å². The molecule has 1 aliphatic rings. The molecular weight excluding hydrogens is 320 g/mol. The monoisotopic (exact) mass is 350 g/mol. The highest BCUT2D eigenvalue weighted by molar-refractivity contribution is 5.83. The minimum atomic E-state index is -0.541. The first-order valence-electron chi connectivity index (χ1n) is 8.85. The fourth-order valence-electron chi connectivity index (χ4n) is 3.76. The zero-order chi connectivity index (χ0) is 18.3. The molecule has 1 aromatic rings. The van der Waals surface area contributed by atoms with Crippen LogP contribution in [0.5, 0.6) is 0 Å². The van der Waals surface area contributed by atoms with Gasteiger partial charge in [0.15, 0.2) is 0 Å². The lowest BCUT2D eigenvalue weighted by Crippen LogP contribution is -2.58. The maximum absolute atomic E-state index is 12.4. The molecule has 0 bridgehead atoms. The zero-order valence-electron chi connectivity index (χ0n) is 15.5. The minimum Gasteiger partial charge on any atom is -0.396 e. The van der Waals surface area contributed by atoms with Crippen molar-refractivity contribution in [2.45, 2.75) is 45.3 Å². The van der Waals surface area contributed by atoms with E-state index < -0.39 is 16.9 Å². The van der Waals surface area contributed by atoms with Crippen molar-refractivity contribution in [3.63, 3.8) is 0 Å². The first-order valence-corrected chi connectivity index (χ1v) is 8.85. The standard InChI is InChI=1S/C20H30O5/c1-19(11-12-24-14-16-7-5-4-6-8-16)17(13-21)18(22)9-10-20(19,2)25-15-23-3/h4-8,17,21H,9-15H2,1-3H3/t17-,19+,20+/m1/s1. The van der Waals surface area contributed by atoms with Crippen molar-refractivity contribution in [3.8, 4) is 0 Å². The molecule has 0 heterocycles. The van der Waals surface area contributed by atoms with Crippen LogP contribution >= 0.6 is 0 Å². The van der Waals surface area contributed by atoms with Gasteiger partial charge >= 0.3 is 0 Å². The number of rotatable bonds is 9. The summed E-state index contributed by atoms with van der Waals surface area (Å²) in [6.45, 7) is 5.07. The molecule has 25 heavy (non-hydrogen) atoms. The predicted molar refractivity (Wildman–Crippen MR) is 95.0 cm³/mol. The van der Waals surface area contributed by atoms with Crippen LogP contribution in [0, 0.1) is 11.3 Å². The summed E-state index contributed by atoms with van der Waals surface area (Å²) in [5.74, 6) is -0.338. The van der Waals surface area contributed by atoms with E-state index in [1.54, 1.807) is 7.11 Å². The molecule has 1 aromatic carbocycles. The molecule has 1 fully saturated rings. The number of carbonyl (C=O) groups excluding carboxylic acids is 1. The number of hydrogen-bond acceptors (Lipinski definition) is 5. The van der Waals surface area contributed by atoms with Crippen LogP contribution in [0.1, 0.15) is 38.7 Å². The van der Waals surface area contributed by atoms with Crippen molar-refractivity contribution < 1.29 is 24.1 Å². The number of aliphatic hydroxyl groups excluding tert-OH is 1. The van der Waals surface area contributed by atoms with E-state index in [-0.39, 0.29) is 19.2 Å². The van der Waals surface area contributed by atoms with Crippen LogP contribution in [0.2, 0.25) is 0 Å². The van der Waals surface area contributed by atoms with Gasteiger partial charge in [0.25, 0.3) is 0 Å². The molecule has 2 rings (SSSR count). The number of ether oxygens (including phenoxy) is 3. The summed E-state index contributed by atoms with van der Waals surface area (Å²) in [4.78, 5) is 12.4. The van der Waals surface area contributed by atoms with Crippen LogP contribution < -0.4 is 0 Å². The van der Waals surface area contributed by atoms with E-state index in [1.807, 2.05) is 44.2 Å². The molecule has 0 aliphatic heterocycles. The molecule has 0 amide bonds. The predicted octanol–water partition coefficient (Wildman–Crippen LogP) is 2.95. The SMILES string of the molecule is COCO[C@@]1(C)CCC(=O)[C@@H](CO)[C@]1(C)CCOCc1ccccc1. The summed E-state index contributed by atoms with van der Waals surface area (Å²) in [5, 5.41) is 9.84. The Morgan fingerprint density at radius 2 is 1.96 bits per heavy atom. The summed E-state index contributed by atoms with van der Waals surface area (Å²) in [6.07, 6.45) is 1.68. The molecule has 5 heteroatoms. The van der Waals surface area contributed by atoms with E-state index in [0.717, 1.165) is 5.56 Å². The van der Waals surface area contributed by atoms with Gasteiger partial charge < -0.3 is 19.3 Å². The Labute approximate surface area is 150 Å². The maximum atomic E-state index is 12.4. The molecule has 140 valence electrons. The van der Waals surface area contributed by atoms with Crippen molar-refractivity contribution in [1.29, 1.82) is 0 Å². The molecule has 0 spiro atoms. The molecular formula is C20H30O5. The van der Waals surface area contributed by atoms with Crippen molar-refractivity contribution in [1.82, 2.24) is 0 Å². The van der Waals surface area contributed by atoms with Crippen LogP contribution in [0.15, 0.2) is 30.3 Å². The third-order valence-electron chi connectivity index (χ3n) is 5.77. The lowest BCUT2D eigenvalue weighted by Gasteiger charge is -2.52. The largest absolute Gasteiger partial charge is 0.396 e. The minimum absolute atomic E-state index is 0.103. The Morgan fingerprint density at radius 1 is 1.24 bits per heavy atom. The summed E-state index contributed by atoms with van der Waals surface area (Å²) in [7, 11) is 1.58. The summed E-state index contributed by atoms with van der Waals surface area (Å²) in [6, 6.07) is 9.99. The maximum Gasteiger partial charge on any atom is 0.147 e. The van der Waals surface area contributed by atoms with E-state index in [2.05, 4.69) is 0 Å². The second kappa shape index (κ2) is 8.90. The van der Waals surface area contributed by atoms with E-state index in [4.69, 9.17) is 14.2 Å². The molecule has 3 atom stereocenters. The molecule has 0 unspecified atom stereocenters. The first-order chi connectivity index (χ1) is 12.0. The second-order valence-electron chi connectivity index (χ2n) is 7.19. The van der Waals surface area contributed by atoms with Gasteiger partial charge in [0.2, 0.25) is 0 Å². The Bertz CT molecular complexity index is 546. The van der Waals surface area contributed by atoms with E-state index in [9.17, 15) is 9.90 Å². The van der Waals surface area contributed by atoms with Gasteiger partial charge in [0, 0.05) is 31.5 Å². The lowest BCUT2D eigenvalue weighted by molar-refractivity contribution is -0.214. The van der Waals surface area contributed by atoms with Crippen molar-refractivity contribution in [2.75, 3.05) is 27.1 Å². The number of benzene rings is 1. The molecule has 1 saturated carbocycles. The van der Waals surface area contributed by atoms with Crippen molar-refractivity contribution >= 4 is 5.78 Å². The number of carbonyl (C=O) groups is 1. The van der Waals surface area contributed by atoms with Gasteiger partial charge in [-0.3, -0.25) is 4.79 Å². The van der Waals surface area contributed by atoms with Crippen LogP contribution in [-0.4, -0.2) is 43.6 Å². The topological polar surface area (TPSA) is 65.0 Å². The highest BCUT2D eigenvalue weighted by Crippen LogP contribution is 2.50. The van der Waals surface area contributed by atoms with Gasteiger partial charge in [-0.2, -0.15) is 0 Å². The molecule has 0 saturated heterocycles. The quantitative estimate of drug-likeness (QED) is 0.548. The lowest BCUT2D eigenvalue weighted by atomic mass is 9.57. The first kappa shape index (κ1) is 20.0. The fourth-order valence-corrected chi connectivity index (χ4v) is 3.76. The Kier molecular flexibility index (Phi) is 7.14. The number of methoxy groups -OCH3 is 1. The van der Waals surface area contributed by atoms with Crippen molar-refractivity contribution in [3.05, 3.63) is 35.9 Å². The van der Waals surface area contributed by atoms with Crippen LogP contribution in [-0.2, 0) is 25.6 Å². The Hall–Kier alpha value is -1.27. The van der Waals surface area contributed by atoms with Crippen molar-refractivity contribution in [2.24, 2.45) is 11.3 Å². The third kappa shape index (κ3) is 4.47. The molecule has 0 radical (unpaired) electrons. The van der Waals surface area contributed by atoms with Gasteiger partial charge in [-0.25, -0.2) is 0 Å². The number of Topliss-reactive ketones (excluding diaryl/α,β-unsaturated/α-hetero) is 1. The molecule has 5 nitrogen and oxygen atoms in total. The Morgan fingerprint density at radius 3 is 2.60 bits per heavy atom.